The van der Waals surface area contributed by atoms with E-state index in [0.29, 0.717) is 0 Å². The van der Waals surface area contributed by atoms with Crippen LogP contribution in [0.4, 0.5) is 0 Å². The van der Waals surface area contributed by atoms with E-state index in [0.717, 1.165) is 34.0 Å². The van der Waals surface area contributed by atoms with Crippen LogP contribution in [-0.2, 0) is 0 Å². The molecule has 0 fully saturated rings. The number of fused-ring (bicyclic) bond motifs is 4. The van der Waals surface area contributed by atoms with Crippen molar-refractivity contribution >= 4 is 43.1 Å². The highest BCUT2D eigenvalue weighted by molar-refractivity contribution is 6.26. The van der Waals surface area contributed by atoms with Crippen molar-refractivity contribution in [2.75, 3.05) is 0 Å². The fraction of sp³-hybridized carbons (Fsp3) is 0. The second-order valence-corrected chi connectivity index (χ2v) is 19.2. The van der Waals surface area contributed by atoms with Crippen LogP contribution in [0.1, 0.15) is 0 Å². The molecule has 0 unspecified atom stereocenters. The Bertz CT molecular complexity index is 4370. The van der Waals surface area contributed by atoms with Crippen molar-refractivity contribution in [2.45, 2.75) is 0 Å². The average molecular weight is 954 g/mol. The van der Waals surface area contributed by atoms with Gasteiger partial charge in [-0.25, -0.2) is 0 Å². The van der Waals surface area contributed by atoms with Crippen LogP contribution in [0.3, 0.4) is 0 Å². The van der Waals surface area contributed by atoms with Gasteiger partial charge in [0.25, 0.3) is 0 Å². The number of benzene rings is 13. The van der Waals surface area contributed by atoms with Crippen LogP contribution in [0.15, 0.2) is 285 Å². The Balaban J connectivity index is 1.00. The lowest BCUT2D eigenvalue weighted by Gasteiger charge is -2.22. The molecule has 0 radical (unpaired) electrons. The minimum Gasteiger partial charge on any atom is -0.275 e. The van der Waals surface area contributed by atoms with Crippen molar-refractivity contribution in [2.24, 2.45) is 0 Å². The van der Waals surface area contributed by atoms with Gasteiger partial charge in [0.15, 0.2) is 11.6 Å². The van der Waals surface area contributed by atoms with Crippen LogP contribution in [0.25, 0.3) is 138 Å². The van der Waals surface area contributed by atoms with E-state index >= 15 is 0 Å². The molecule has 0 aliphatic heterocycles. The summed E-state index contributed by atoms with van der Waals surface area (Å²) in [5, 5.41) is 19.2. The van der Waals surface area contributed by atoms with Crippen molar-refractivity contribution < 1.29 is 0 Å². The first-order chi connectivity index (χ1) is 37.3. The number of hydrogen-bond acceptors (Lipinski definition) is 2. The zero-order chi connectivity index (χ0) is 49.7. The van der Waals surface area contributed by atoms with Crippen LogP contribution in [0.2, 0.25) is 0 Å². The lowest BCUT2D eigenvalue weighted by atomic mass is 9.80. The lowest BCUT2D eigenvalue weighted by Crippen LogP contribution is -2.00. The molecule has 350 valence electrons. The molecule has 14 rings (SSSR count). The Morgan fingerprint density at radius 2 is 0.507 bits per heavy atom. The molecular weight excluding hydrogens is 907 g/mol. The summed E-state index contributed by atoms with van der Waals surface area (Å²) in [5.74, 6) is 1.59. The normalized spacial score (nSPS) is 11.5. The molecule has 0 bridgehead atoms. The van der Waals surface area contributed by atoms with E-state index < -0.39 is 0 Å². The average Bonchev–Trinajstić information content (AvgIpc) is 3.94. The van der Waals surface area contributed by atoms with Gasteiger partial charge in [-0.1, -0.05) is 267 Å². The third-order valence-corrected chi connectivity index (χ3v) is 14.9. The van der Waals surface area contributed by atoms with Crippen LogP contribution >= 0.6 is 0 Å². The van der Waals surface area contributed by atoms with Crippen molar-refractivity contribution in [1.82, 2.24) is 14.8 Å². The Kier molecular flexibility index (Phi) is 10.8. The van der Waals surface area contributed by atoms with E-state index in [4.69, 9.17) is 10.2 Å². The smallest absolute Gasteiger partial charge is 0.168 e. The molecule has 1 aromatic heterocycles. The summed E-state index contributed by atoms with van der Waals surface area (Å²) < 4.78 is 2.16. The van der Waals surface area contributed by atoms with Crippen LogP contribution in [0.5, 0.6) is 0 Å². The van der Waals surface area contributed by atoms with Crippen molar-refractivity contribution in [3.8, 4) is 95.2 Å². The highest BCUT2D eigenvalue weighted by Crippen LogP contribution is 2.51. The number of rotatable bonds is 9. The van der Waals surface area contributed by atoms with E-state index in [1.54, 1.807) is 0 Å². The summed E-state index contributed by atoms with van der Waals surface area (Å²) >= 11 is 0. The first kappa shape index (κ1) is 43.8. The molecule has 0 amide bonds. The van der Waals surface area contributed by atoms with Gasteiger partial charge >= 0.3 is 0 Å². The Morgan fingerprint density at radius 1 is 0.200 bits per heavy atom. The maximum Gasteiger partial charge on any atom is 0.168 e. The topological polar surface area (TPSA) is 30.7 Å². The second kappa shape index (κ2) is 18.6. The number of nitrogens with zero attached hydrogens (tertiary/aromatic N) is 3. The molecular formula is C72H47N3. The summed E-state index contributed by atoms with van der Waals surface area (Å²) in [6.45, 7) is 0. The van der Waals surface area contributed by atoms with E-state index in [1.165, 1.54) is 104 Å². The third kappa shape index (κ3) is 7.52. The molecule has 0 aliphatic rings. The summed E-state index contributed by atoms with van der Waals surface area (Å²) in [4.78, 5) is 0. The van der Waals surface area contributed by atoms with Crippen LogP contribution < -0.4 is 0 Å². The van der Waals surface area contributed by atoms with Crippen molar-refractivity contribution in [1.29, 1.82) is 0 Å². The quantitative estimate of drug-likeness (QED) is 0.135. The van der Waals surface area contributed by atoms with Crippen LogP contribution in [-0.4, -0.2) is 14.8 Å². The van der Waals surface area contributed by atoms with E-state index in [1.807, 2.05) is 24.3 Å². The maximum atomic E-state index is 4.82. The number of aromatic nitrogens is 3. The van der Waals surface area contributed by atoms with Gasteiger partial charge < -0.3 is 0 Å². The molecule has 13 aromatic carbocycles. The first-order valence-electron chi connectivity index (χ1n) is 25.7. The van der Waals surface area contributed by atoms with E-state index in [-0.39, 0.29) is 0 Å². The van der Waals surface area contributed by atoms with E-state index in [2.05, 4.69) is 265 Å². The van der Waals surface area contributed by atoms with Crippen molar-refractivity contribution in [3.63, 3.8) is 0 Å². The zero-order valence-electron chi connectivity index (χ0n) is 41.0. The minimum absolute atomic E-state index is 0.790. The largest absolute Gasteiger partial charge is 0.275 e. The third-order valence-electron chi connectivity index (χ3n) is 14.9. The predicted molar refractivity (Wildman–Crippen MR) is 315 cm³/mol. The van der Waals surface area contributed by atoms with Crippen molar-refractivity contribution in [3.05, 3.63) is 285 Å². The summed E-state index contributed by atoms with van der Waals surface area (Å²) in [6.07, 6.45) is 0. The maximum absolute atomic E-state index is 4.82. The van der Waals surface area contributed by atoms with Gasteiger partial charge in [0, 0.05) is 16.8 Å². The van der Waals surface area contributed by atoms with Gasteiger partial charge in [-0.15, -0.1) is 10.2 Å². The van der Waals surface area contributed by atoms with Gasteiger partial charge in [-0.2, -0.15) is 0 Å². The highest BCUT2D eigenvalue weighted by Gasteiger charge is 2.24. The van der Waals surface area contributed by atoms with Gasteiger partial charge in [-0.05, 0) is 128 Å². The second-order valence-electron chi connectivity index (χ2n) is 19.2. The van der Waals surface area contributed by atoms with Gasteiger partial charge in [0.1, 0.15) is 0 Å². The summed E-state index contributed by atoms with van der Waals surface area (Å²) in [6, 6.07) is 103. The summed E-state index contributed by atoms with van der Waals surface area (Å²) in [5.41, 5.74) is 17.4. The fourth-order valence-corrected chi connectivity index (χ4v) is 11.7. The zero-order valence-corrected chi connectivity index (χ0v) is 41.0. The Labute approximate surface area is 435 Å². The molecule has 0 atom stereocenters. The van der Waals surface area contributed by atoms with Gasteiger partial charge in [0.05, 0.1) is 0 Å². The molecule has 0 aliphatic carbocycles. The molecule has 0 spiro atoms. The standard InChI is InChI=1S/C72H47N3/c1-5-23-48(24-6-1)55-31-13-15-33-57(55)69-63-39-21-22-40-64(63)70(58-34-16-14-32-56(58)49-25-7-2-8-26-49)66-47-53(45-46-65(66)69)68-61-37-19-17-35-59(61)67(60-36-18-20-38-62(60)68)50-41-43-52(44-42-50)72-74-73-71(51-27-9-3-10-28-51)75(72)54-29-11-4-12-30-54/h1-47H. The fourth-order valence-electron chi connectivity index (χ4n) is 11.7. The predicted octanol–water partition coefficient (Wildman–Crippen LogP) is 19.2. The monoisotopic (exact) mass is 953 g/mol. The van der Waals surface area contributed by atoms with E-state index in [9.17, 15) is 0 Å². The van der Waals surface area contributed by atoms with Gasteiger partial charge in [-0.3, -0.25) is 4.57 Å². The molecule has 0 saturated carbocycles. The number of hydrogen-bond donors (Lipinski definition) is 0. The molecule has 0 saturated heterocycles. The minimum atomic E-state index is 0.790. The molecule has 3 nitrogen and oxygen atoms in total. The number of para-hydroxylation sites is 1. The van der Waals surface area contributed by atoms with Crippen LogP contribution in [0, 0.1) is 0 Å². The molecule has 14 aromatic rings. The molecule has 1 heterocycles. The Hall–Kier alpha value is -9.96. The summed E-state index contributed by atoms with van der Waals surface area (Å²) in [7, 11) is 0. The molecule has 0 N–H and O–H groups in total. The first-order valence-corrected chi connectivity index (χ1v) is 25.7. The molecule has 3 heteroatoms. The Morgan fingerprint density at radius 3 is 0.973 bits per heavy atom. The molecule has 75 heavy (non-hydrogen) atoms. The SMILES string of the molecule is c1ccc(-c2ccccc2-c2c3ccccc3c(-c3ccccc3-c3ccccc3)c3cc(-c4c5ccccc5c(-c5ccc(-c6nnc(-c7ccccc7)n6-c6ccccc6)cc5)c5ccccc45)ccc23)cc1. The van der Waals surface area contributed by atoms with Gasteiger partial charge in [0.2, 0.25) is 0 Å². The lowest BCUT2D eigenvalue weighted by molar-refractivity contribution is 1.07. The highest BCUT2D eigenvalue weighted by atomic mass is 15.3.